The van der Waals surface area contributed by atoms with Crippen molar-refractivity contribution in [3.63, 3.8) is 0 Å². The first kappa shape index (κ1) is 17.5. The van der Waals surface area contributed by atoms with Gasteiger partial charge in [-0.2, -0.15) is 0 Å². The lowest BCUT2D eigenvalue weighted by Crippen LogP contribution is -2.45. The molecule has 1 aromatic carbocycles. The molecule has 0 aliphatic heterocycles. The van der Waals surface area contributed by atoms with E-state index in [9.17, 15) is 9.59 Å². The zero-order chi connectivity index (χ0) is 16.2. The number of nitrogens with two attached hydrogens (primary N) is 1. The summed E-state index contributed by atoms with van der Waals surface area (Å²) < 4.78 is 6.15. The molecule has 0 radical (unpaired) electrons. The molecule has 0 saturated carbocycles. The van der Waals surface area contributed by atoms with E-state index in [-0.39, 0.29) is 29.6 Å². The van der Waals surface area contributed by atoms with Crippen LogP contribution in [0.2, 0.25) is 0 Å². The Balaban J connectivity index is 2.85. The number of rotatable bonds is 6. The maximum absolute atomic E-state index is 11.9. The molecule has 0 heterocycles. The number of carbonyl (C=O) groups excluding carboxylic acids is 2. The average molecular weight is 357 g/mol. The molecule has 6 heteroatoms. The van der Waals surface area contributed by atoms with Crippen molar-refractivity contribution < 1.29 is 14.3 Å². The van der Waals surface area contributed by atoms with E-state index in [2.05, 4.69) is 21.2 Å². The molecule has 21 heavy (non-hydrogen) atoms. The second kappa shape index (κ2) is 6.93. The van der Waals surface area contributed by atoms with E-state index in [1.165, 1.54) is 6.92 Å². The lowest BCUT2D eigenvalue weighted by Gasteiger charge is -2.24. The molecule has 0 bridgehead atoms. The van der Waals surface area contributed by atoms with Crippen LogP contribution in [0.3, 0.4) is 0 Å². The van der Waals surface area contributed by atoms with Crippen LogP contribution in [-0.2, 0) is 4.79 Å². The standard InChI is InChI=1S/C15H21BrN2O3/c1-5-15(3,4)18-13(20)8-21-14-11(9(2)19)6-10(16)7-12(14)17/h6-7H,5,8,17H2,1-4H3,(H,18,20). The number of halogens is 1. The predicted molar refractivity (Wildman–Crippen MR) is 86.6 cm³/mol. The predicted octanol–water partition coefficient (Wildman–Crippen LogP) is 2.92. The summed E-state index contributed by atoms with van der Waals surface area (Å²) in [5, 5.41) is 2.86. The van der Waals surface area contributed by atoms with E-state index in [1.807, 2.05) is 20.8 Å². The molecule has 5 nitrogen and oxygen atoms in total. The van der Waals surface area contributed by atoms with Crippen LogP contribution in [0, 0.1) is 0 Å². The van der Waals surface area contributed by atoms with E-state index in [4.69, 9.17) is 10.5 Å². The number of hydrogen-bond donors (Lipinski definition) is 2. The van der Waals surface area contributed by atoms with Crippen LogP contribution in [0.4, 0.5) is 5.69 Å². The fourth-order valence-corrected chi connectivity index (χ4v) is 2.15. The Morgan fingerprint density at radius 2 is 2.00 bits per heavy atom. The van der Waals surface area contributed by atoms with Gasteiger partial charge in [0.15, 0.2) is 18.1 Å². The van der Waals surface area contributed by atoms with Gasteiger partial charge in [0, 0.05) is 10.0 Å². The van der Waals surface area contributed by atoms with Crippen LogP contribution < -0.4 is 15.8 Å². The Labute approximate surface area is 133 Å². The van der Waals surface area contributed by atoms with Crippen LogP contribution >= 0.6 is 15.9 Å². The van der Waals surface area contributed by atoms with Gasteiger partial charge in [0.2, 0.25) is 0 Å². The number of carbonyl (C=O) groups is 2. The summed E-state index contributed by atoms with van der Waals surface area (Å²) in [6.07, 6.45) is 0.803. The fourth-order valence-electron chi connectivity index (χ4n) is 1.68. The summed E-state index contributed by atoms with van der Waals surface area (Å²) in [7, 11) is 0. The number of amides is 1. The molecule has 1 aromatic rings. The number of nitrogen functional groups attached to an aromatic ring is 1. The van der Waals surface area contributed by atoms with Crippen LogP contribution in [0.15, 0.2) is 16.6 Å². The quantitative estimate of drug-likeness (QED) is 0.606. The minimum Gasteiger partial charge on any atom is -0.481 e. The molecule has 0 spiro atoms. The Hall–Kier alpha value is -1.56. The molecular weight excluding hydrogens is 336 g/mol. The molecule has 0 aliphatic rings. The minimum atomic E-state index is -0.297. The van der Waals surface area contributed by atoms with Gasteiger partial charge in [-0.15, -0.1) is 0 Å². The second-order valence-corrected chi connectivity index (χ2v) is 6.42. The molecule has 0 unspecified atom stereocenters. The first-order valence-corrected chi connectivity index (χ1v) is 7.49. The van der Waals surface area contributed by atoms with E-state index >= 15 is 0 Å². The molecule has 1 rings (SSSR count). The highest BCUT2D eigenvalue weighted by Gasteiger charge is 2.19. The highest BCUT2D eigenvalue weighted by molar-refractivity contribution is 9.10. The maximum Gasteiger partial charge on any atom is 0.258 e. The third-order valence-electron chi connectivity index (χ3n) is 3.17. The number of Topliss-reactive ketones (excluding diaryl/α,β-unsaturated/α-hetero) is 1. The third-order valence-corrected chi connectivity index (χ3v) is 3.63. The van der Waals surface area contributed by atoms with Gasteiger partial charge in [0.25, 0.3) is 5.91 Å². The van der Waals surface area contributed by atoms with Crippen molar-refractivity contribution in [2.45, 2.75) is 39.7 Å². The zero-order valence-corrected chi connectivity index (χ0v) is 14.3. The highest BCUT2D eigenvalue weighted by Crippen LogP contribution is 2.31. The molecule has 0 aromatic heterocycles. The van der Waals surface area contributed by atoms with Gasteiger partial charge in [-0.3, -0.25) is 9.59 Å². The number of hydrogen-bond acceptors (Lipinski definition) is 4. The maximum atomic E-state index is 11.9. The Morgan fingerprint density at radius 3 is 2.52 bits per heavy atom. The van der Waals surface area contributed by atoms with Crippen molar-refractivity contribution in [1.29, 1.82) is 0 Å². The zero-order valence-electron chi connectivity index (χ0n) is 12.7. The van der Waals surface area contributed by atoms with Gasteiger partial charge in [-0.25, -0.2) is 0 Å². The third kappa shape index (κ3) is 5.04. The summed E-state index contributed by atoms with van der Waals surface area (Å²) in [4.78, 5) is 23.5. The molecule has 0 fully saturated rings. The lowest BCUT2D eigenvalue weighted by atomic mass is 10.0. The van der Waals surface area contributed by atoms with Gasteiger partial charge in [0.05, 0.1) is 11.3 Å². The Bertz CT molecular complexity index is 556. The first-order chi connectivity index (χ1) is 9.66. The topological polar surface area (TPSA) is 81.4 Å². The fraction of sp³-hybridized carbons (Fsp3) is 0.467. The smallest absolute Gasteiger partial charge is 0.258 e. The van der Waals surface area contributed by atoms with E-state index in [1.54, 1.807) is 12.1 Å². The SMILES string of the molecule is CCC(C)(C)NC(=O)COc1c(N)cc(Br)cc1C(C)=O. The van der Waals surface area contributed by atoms with Crippen molar-refractivity contribution in [1.82, 2.24) is 5.32 Å². The highest BCUT2D eigenvalue weighted by atomic mass is 79.9. The van der Waals surface area contributed by atoms with Gasteiger partial charge in [-0.1, -0.05) is 22.9 Å². The molecule has 116 valence electrons. The van der Waals surface area contributed by atoms with E-state index < -0.39 is 0 Å². The summed E-state index contributed by atoms with van der Waals surface area (Å²) in [5.41, 5.74) is 6.23. The van der Waals surface area contributed by atoms with Crippen LogP contribution in [0.25, 0.3) is 0 Å². The molecule has 0 atom stereocenters. The van der Waals surface area contributed by atoms with Crippen molar-refractivity contribution in [3.8, 4) is 5.75 Å². The molecule has 0 saturated heterocycles. The number of benzene rings is 1. The van der Waals surface area contributed by atoms with Crippen LogP contribution in [0.1, 0.15) is 44.5 Å². The average Bonchev–Trinajstić information content (AvgIpc) is 2.36. The molecule has 0 aliphatic carbocycles. The van der Waals surface area contributed by atoms with Crippen molar-refractivity contribution in [2.75, 3.05) is 12.3 Å². The minimum absolute atomic E-state index is 0.174. The summed E-state index contributed by atoms with van der Waals surface area (Å²) in [6.45, 7) is 7.09. The van der Waals surface area contributed by atoms with Crippen LogP contribution in [-0.4, -0.2) is 23.8 Å². The normalized spacial score (nSPS) is 11.1. The Morgan fingerprint density at radius 1 is 1.38 bits per heavy atom. The Kier molecular flexibility index (Phi) is 5.78. The monoisotopic (exact) mass is 356 g/mol. The number of ether oxygens (including phenoxy) is 1. The van der Waals surface area contributed by atoms with Crippen molar-refractivity contribution in [2.24, 2.45) is 0 Å². The number of ketones is 1. The van der Waals surface area contributed by atoms with E-state index in [0.29, 0.717) is 15.7 Å². The summed E-state index contributed by atoms with van der Waals surface area (Å²) in [6, 6.07) is 3.26. The molecule has 1 amide bonds. The molecule has 3 N–H and O–H groups in total. The van der Waals surface area contributed by atoms with Gasteiger partial charge < -0.3 is 15.8 Å². The van der Waals surface area contributed by atoms with Crippen molar-refractivity contribution >= 4 is 33.3 Å². The van der Waals surface area contributed by atoms with Crippen LogP contribution in [0.5, 0.6) is 5.75 Å². The summed E-state index contributed by atoms with van der Waals surface area (Å²) in [5.74, 6) is -0.180. The van der Waals surface area contributed by atoms with Gasteiger partial charge in [-0.05, 0) is 39.3 Å². The van der Waals surface area contributed by atoms with Crippen molar-refractivity contribution in [3.05, 3.63) is 22.2 Å². The van der Waals surface area contributed by atoms with Gasteiger partial charge in [0.1, 0.15) is 0 Å². The molecular formula is C15H21BrN2O3. The summed E-state index contributed by atoms with van der Waals surface area (Å²) >= 11 is 3.28. The number of nitrogens with one attached hydrogen (secondary N) is 1. The first-order valence-electron chi connectivity index (χ1n) is 6.70. The number of anilines is 1. The van der Waals surface area contributed by atoms with E-state index in [0.717, 1.165) is 6.42 Å². The largest absolute Gasteiger partial charge is 0.481 e. The lowest BCUT2D eigenvalue weighted by molar-refractivity contribution is -0.124. The second-order valence-electron chi connectivity index (χ2n) is 5.50. The van der Waals surface area contributed by atoms with Gasteiger partial charge >= 0.3 is 0 Å².